The molecule has 0 spiro atoms. The first-order chi connectivity index (χ1) is 14.2. The van der Waals surface area contributed by atoms with Crippen molar-refractivity contribution in [3.05, 3.63) is 77.6 Å². The van der Waals surface area contributed by atoms with E-state index in [0.29, 0.717) is 11.3 Å². The molecule has 2 heterocycles. The number of nitriles is 1. The number of hydrogen-bond donors (Lipinski definition) is 1. The Hall–Kier alpha value is -3.70. The van der Waals surface area contributed by atoms with Gasteiger partial charge < -0.3 is 5.11 Å². The molecule has 0 aliphatic heterocycles. The molecule has 0 unspecified atom stereocenters. The predicted octanol–water partition coefficient (Wildman–Crippen LogP) is 4.58. The zero-order valence-corrected chi connectivity index (χ0v) is 16.0. The monoisotopic (exact) mass is 408 g/mol. The third kappa shape index (κ3) is 3.09. The number of nitrogens with zero attached hydrogens (tertiary/aromatic N) is 4. The Morgan fingerprint density at radius 2 is 1.80 bits per heavy atom. The Bertz CT molecular complexity index is 1330. The Balaban J connectivity index is 1.91. The summed E-state index contributed by atoms with van der Waals surface area (Å²) >= 11 is 0. The van der Waals surface area contributed by atoms with Crippen molar-refractivity contribution < 1.29 is 18.3 Å². The lowest BCUT2D eigenvalue weighted by Gasteiger charge is -2.17. The molecule has 150 valence electrons. The number of benzene rings is 2. The maximum absolute atomic E-state index is 14.8. The van der Waals surface area contributed by atoms with Crippen molar-refractivity contribution in [1.29, 1.82) is 5.26 Å². The lowest BCUT2D eigenvalue weighted by molar-refractivity contribution is 0.0694. The highest BCUT2D eigenvalue weighted by atomic mass is 19.1. The molecule has 0 aliphatic rings. The van der Waals surface area contributed by atoms with Crippen LogP contribution in [0.5, 0.6) is 0 Å². The van der Waals surface area contributed by atoms with Crippen molar-refractivity contribution in [1.82, 2.24) is 14.4 Å². The van der Waals surface area contributed by atoms with Crippen LogP contribution in [-0.2, 0) is 5.60 Å². The summed E-state index contributed by atoms with van der Waals surface area (Å²) in [7, 11) is 0. The summed E-state index contributed by atoms with van der Waals surface area (Å²) in [5.41, 5.74) is -0.948. The van der Waals surface area contributed by atoms with Gasteiger partial charge in [-0.1, -0.05) is 12.1 Å². The first kappa shape index (κ1) is 19.6. The van der Waals surface area contributed by atoms with E-state index in [1.807, 2.05) is 0 Å². The minimum Gasteiger partial charge on any atom is -0.384 e. The highest BCUT2D eigenvalue weighted by Gasteiger charge is 2.26. The van der Waals surface area contributed by atoms with Crippen LogP contribution in [0.1, 0.15) is 25.1 Å². The average Bonchev–Trinajstić information content (AvgIpc) is 3.12. The summed E-state index contributed by atoms with van der Waals surface area (Å²) in [5, 5.41) is 19.4. The Kier molecular flexibility index (Phi) is 4.56. The maximum atomic E-state index is 14.8. The number of aromatic nitrogens is 3. The Morgan fingerprint density at radius 1 is 1.03 bits per heavy atom. The van der Waals surface area contributed by atoms with Gasteiger partial charge in [0.25, 0.3) is 0 Å². The number of fused-ring (bicyclic) bond motifs is 1. The molecule has 0 radical (unpaired) electrons. The summed E-state index contributed by atoms with van der Waals surface area (Å²) in [5.74, 6) is -2.15. The molecule has 0 bridgehead atoms. The molecule has 30 heavy (non-hydrogen) atoms. The van der Waals surface area contributed by atoms with E-state index in [1.54, 1.807) is 6.07 Å². The quantitative estimate of drug-likeness (QED) is 0.539. The lowest BCUT2D eigenvalue weighted by Crippen LogP contribution is -2.20. The van der Waals surface area contributed by atoms with E-state index in [-0.39, 0.29) is 28.0 Å². The molecule has 0 saturated heterocycles. The number of aliphatic hydroxyl groups is 1. The second-order valence-electron chi connectivity index (χ2n) is 7.27. The zero-order chi connectivity index (χ0) is 21.6. The lowest BCUT2D eigenvalue weighted by atomic mass is 9.97. The molecular formula is C22H15F3N4O. The van der Waals surface area contributed by atoms with Crippen LogP contribution in [0.2, 0.25) is 0 Å². The molecule has 0 fully saturated rings. The van der Waals surface area contributed by atoms with Crippen LogP contribution >= 0.6 is 0 Å². The van der Waals surface area contributed by atoms with Gasteiger partial charge in [-0.2, -0.15) is 5.26 Å². The van der Waals surface area contributed by atoms with Crippen molar-refractivity contribution >= 4 is 5.65 Å². The van der Waals surface area contributed by atoms with Crippen LogP contribution in [-0.4, -0.2) is 19.5 Å². The van der Waals surface area contributed by atoms with Gasteiger partial charge in [-0.15, -0.1) is 0 Å². The van der Waals surface area contributed by atoms with E-state index in [2.05, 4.69) is 9.97 Å². The standard InChI is InChI=1S/C22H15F3N4O/c1-22(2,30)20-19(25)21-27-10-18(29(21)11-28-20)12-6-7-17(24)14(8-12)13-4-3-5-16(23)15(13)9-26/h3-8,10-11,30H,1-2H3. The fourth-order valence-corrected chi connectivity index (χ4v) is 3.31. The molecule has 0 atom stereocenters. The van der Waals surface area contributed by atoms with Gasteiger partial charge in [-0.25, -0.2) is 23.1 Å². The van der Waals surface area contributed by atoms with E-state index in [1.165, 1.54) is 61.1 Å². The summed E-state index contributed by atoms with van der Waals surface area (Å²) in [4.78, 5) is 8.08. The zero-order valence-electron chi connectivity index (χ0n) is 16.0. The van der Waals surface area contributed by atoms with Crippen LogP contribution in [0.15, 0.2) is 48.9 Å². The maximum Gasteiger partial charge on any atom is 0.190 e. The van der Waals surface area contributed by atoms with E-state index < -0.39 is 23.1 Å². The fraction of sp³-hybridized carbons (Fsp3) is 0.136. The second kappa shape index (κ2) is 6.97. The molecule has 2 aromatic carbocycles. The van der Waals surface area contributed by atoms with E-state index in [0.717, 1.165) is 6.07 Å². The van der Waals surface area contributed by atoms with Gasteiger partial charge in [-0.3, -0.25) is 4.40 Å². The van der Waals surface area contributed by atoms with Gasteiger partial charge in [-0.05, 0) is 38.1 Å². The molecule has 0 aliphatic carbocycles. The summed E-state index contributed by atoms with van der Waals surface area (Å²) in [6.45, 7) is 2.83. The van der Waals surface area contributed by atoms with Crippen LogP contribution in [0, 0.1) is 28.8 Å². The molecule has 4 rings (SSSR count). The number of halogens is 3. The van der Waals surface area contributed by atoms with Gasteiger partial charge >= 0.3 is 0 Å². The smallest absolute Gasteiger partial charge is 0.190 e. The first-order valence-corrected chi connectivity index (χ1v) is 8.95. The van der Waals surface area contributed by atoms with Gasteiger partial charge in [0, 0.05) is 16.7 Å². The Labute approximate surface area is 169 Å². The minimum absolute atomic E-state index is 0.0278. The normalized spacial score (nSPS) is 11.6. The SMILES string of the molecule is CC(C)(O)c1ncn2c(-c3ccc(F)c(-c4cccc(F)c4C#N)c3)cnc2c1F. The molecular weight excluding hydrogens is 393 g/mol. The van der Waals surface area contributed by atoms with Gasteiger partial charge in [0.15, 0.2) is 11.5 Å². The van der Waals surface area contributed by atoms with Crippen molar-refractivity contribution in [2.45, 2.75) is 19.4 Å². The van der Waals surface area contributed by atoms with Crippen LogP contribution in [0.3, 0.4) is 0 Å². The van der Waals surface area contributed by atoms with Gasteiger partial charge in [0.1, 0.15) is 35.3 Å². The highest BCUT2D eigenvalue weighted by molar-refractivity contribution is 5.76. The highest BCUT2D eigenvalue weighted by Crippen LogP contribution is 2.33. The Morgan fingerprint density at radius 3 is 2.50 bits per heavy atom. The third-order valence-electron chi connectivity index (χ3n) is 4.76. The first-order valence-electron chi connectivity index (χ1n) is 8.95. The molecule has 0 saturated carbocycles. The van der Waals surface area contributed by atoms with Crippen LogP contribution in [0.4, 0.5) is 13.2 Å². The minimum atomic E-state index is -1.49. The van der Waals surface area contributed by atoms with E-state index in [9.17, 15) is 23.5 Å². The van der Waals surface area contributed by atoms with E-state index in [4.69, 9.17) is 0 Å². The topological polar surface area (TPSA) is 74.2 Å². The molecule has 2 aromatic heterocycles. The van der Waals surface area contributed by atoms with Crippen LogP contribution in [0.25, 0.3) is 28.0 Å². The molecule has 1 N–H and O–H groups in total. The molecule has 5 nitrogen and oxygen atoms in total. The second-order valence-corrected chi connectivity index (χ2v) is 7.27. The molecule has 4 aromatic rings. The number of imidazole rings is 1. The molecule has 8 heteroatoms. The summed E-state index contributed by atoms with van der Waals surface area (Å²) in [6.07, 6.45) is 2.71. The fourth-order valence-electron chi connectivity index (χ4n) is 3.31. The summed E-state index contributed by atoms with van der Waals surface area (Å²) < 4.78 is 44.7. The number of rotatable bonds is 3. The van der Waals surface area contributed by atoms with Crippen LogP contribution < -0.4 is 0 Å². The van der Waals surface area contributed by atoms with Gasteiger partial charge in [0.05, 0.1) is 17.5 Å². The largest absolute Gasteiger partial charge is 0.384 e. The van der Waals surface area contributed by atoms with Crippen molar-refractivity contribution in [3.8, 4) is 28.5 Å². The van der Waals surface area contributed by atoms with E-state index >= 15 is 0 Å². The number of hydrogen-bond acceptors (Lipinski definition) is 4. The van der Waals surface area contributed by atoms with Crippen molar-refractivity contribution in [2.24, 2.45) is 0 Å². The average molecular weight is 408 g/mol. The predicted molar refractivity (Wildman–Crippen MR) is 104 cm³/mol. The van der Waals surface area contributed by atoms with Crippen molar-refractivity contribution in [2.75, 3.05) is 0 Å². The third-order valence-corrected chi connectivity index (χ3v) is 4.76. The summed E-state index contributed by atoms with van der Waals surface area (Å²) in [6, 6.07) is 9.83. The molecule has 0 amide bonds. The van der Waals surface area contributed by atoms with Crippen molar-refractivity contribution in [3.63, 3.8) is 0 Å². The van der Waals surface area contributed by atoms with Gasteiger partial charge in [0.2, 0.25) is 0 Å².